The molecule has 122 valence electrons. The van der Waals surface area contributed by atoms with E-state index in [4.69, 9.17) is 0 Å². The van der Waals surface area contributed by atoms with Gasteiger partial charge in [-0.05, 0) is 79.8 Å². The molecule has 1 N–H and O–H groups in total. The first-order valence-corrected chi connectivity index (χ1v) is 8.21. The van der Waals surface area contributed by atoms with Crippen molar-refractivity contribution in [2.45, 2.75) is 34.2 Å². The molecule has 1 aromatic rings. The molecule has 0 saturated heterocycles. The first-order chi connectivity index (χ1) is 10.8. The average molecular weight is 309 g/mol. The van der Waals surface area contributed by atoms with E-state index in [0.717, 1.165) is 6.54 Å². The molecular weight excluding hydrogens is 280 g/mol. The quantitative estimate of drug-likeness (QED) is 0.833. The van der Waals surface area contributed by atoms with Gasteiger partial charge in [0.05, 0.1) is 0 Å². The highest BCUT2D eigenvalue weighted by Crippen LogP contribution is 2.28. The summed E-state index contributed by atoms with van der Waals surface area (Å²) in [4.78, 5) is 0. The Morgan fingerprint density at radius 2 is 1.48 bits per heavy atom. The van der Waals surface area contributed by atoms with Crippen LogP contribution in [0.2, 0.25) is 0 Å². The van der Waals surface area contributed by atoms with Gasteiger partial charge in [0, 0.05) is 18.7 Å². The van der Waals surface area contributed by atoms with Crippen molar-refractivity contribution in [1.82, 2.24) is 5.32 Å². The van der Waals surface area contributed by atoms with Crippen LogP contribution in [0.1, 0.15) is 36.1 Å². The Balaban J connectivity index is 2.49. The van der Waals surface area contributed by atoms with Gasteiger partial charge >= 0.3 is 0 Å². The van der Waals surface area contributed by atoms with Crippen LogP contribution in [0.3, 0.4) is 0 Å². The van der Waals surface area contributed by atoms with Gasteiger partial charge in [0.25, 0.3) is 0 Å². The van der Waals surface area contributed by atoms with Crippen LogP contribution < -0.4 is 5.32 Å². The predicted molar refractivity (Wildman–Crippen MR) is 101 cm³/mol. The van der Waals surface area contributed by atoms with Gasteiger partial charge in [0.1, 0.15) is 14.1 Å². The number of rotatable bonds is 3. The lowest BCUT2D eigenvalue weighted by Gasteiger charge is -2.16. The Morgan fingerprint density at radius 3 is 1.91 bits per heavy atom. The summed E-state index contributed by atoms with van der Waals surface area (Å²) in [6, 6.07) is 4.57. The first-order valence-electron chi connectivity index (χ1n) is 8.21. The van der Waals surface area contributed by atoms with Gasteiger partial charge in [0.15, 0.2) is 5.71 Å². The van der Waals surface area contributed by atoms with Gasteiger partial charge in [-0.2, -0.15) is 0 Å². The number of hydrogen-bond donors (Lipinski definition) is 1. The van der Waals surface area contributed by atoms with Crippen molar-refractivity contribution in [2.24, 2.45) is 0 Å². The van der Waals surface area contributed by atoms with Crippen LogP contribution in [0.25, 0.3) is 6.08 Å². The fourth-order valence-electron chi connectivity index (χ4n) is 3.18. The third kappa shape index (κ3) is 3.89. The highest BCUT2D eigenvalue weighted by Gasteiger charge is 2.15. The van der Waals surface area contributed by atoms with E-state index in [1.54, 1.807) is 0 Å². The minimum Gasteiger partial charge on any atom is -0.316 e. The van der Waals surface area contributed by atoms with E-state index in [1.807, 2.05) is 7.05 Å². The first kappa shape index (κ1) is 17.4. The average Bonchev–Trinajstić information content (AvgIpc) is 2.45. The predicted octanol–water partition coefficient (Wildman–Crippen LogP) is 4.03. The van der Waals surface area contributed by atoms with Gasteiger partial charge in [-0.15, -0.1) is 0 Å². The van der Waals surface area contributed by atoms with Gasteiger partial charge in [-0.3, -0.25) is 0 Å². The molecule has 1 aliphatic rings. The molecule has 0 unspecified atom stereocenters. The Labute approximate surface area is 140 Å². The van der Waals surface area contributed by atoms with E-state index >= 15 is 0 Å². The topological polar surface area (TPSA) is 15.0 Å². The zero-order chi connectivity index (χ0) is 17.1. The number of benzene rings is 1. The van der Waals surface area contributed by atoms with Gasteiger partial charge in [-0.1, -0.05) is 12.1 Å². The van der Waals surface area contributed by atoms with Crippen molar-refractivity contribution >= 4 is 11.8 Å². The van der Waals surface area contributed by atoms with Gasteiger partial charge in [-0.25, -0.2) is 4.58 Å². The zero-order valence-corrected chi connectivity index (χ0v) is 15.5. The molecule has 0 atom stereocenters. The van der Waals surface area contributed by atoms with Crippen molar-refractivity contribution < 1.29 is 4.58 Å². The molecule has 0 heterocycles. The van der Waals surface area contributed by atoms with E-state index < -0.39 is 0 Å². The summed E-state index contributed by atoms with van der Waals surface area (Å²) >= 11 is 0. The summed E-state index contributed by atoms with van der Waals surface area (Å²) < 4.78 is 2.16. The van der Waals surface area contributed by atoms with E-state index in [9.17, 15) is 0 Å². The highest BCUT2D eigenvalue weighted by atomic mass is 14.9. The van der Waals surface area contributed by atoms with E-state index in [1.165, 1.54) is 44.7 Å². The molecule has 0 spiro atoms. The van der Waals surface area contributed by atoms with Crippen molar-refractivity contribution in [3.63, 3.8) is 0 Å². The Bertz CT molecular complexity index is 692. The lowest BCUT2D eigenvalue weighted by molar-refractivity contribution is -0.462. The van der Waals surface area contributed by atoms with Crippen LogP contribution in [0.4, 0.5) is 0 Å². The van der Waals surface area contributed by atoms with Crippen molar-refractivity contribution in [2.75, 3.05) is 21.1 Å². The third-order valence-corrected chi connectivity index (χ3v) is 4.42. The van der Waals surface area contributed by atoms with Crippen LogP contribution in [0, 0.1) is 13.8 Å². The number of nitrogens with zero attached hydrogens (tertiary/aromatic N) is 1. The molecule has 0 aromatic heterocycles. The highest BCUT2D eigenvalue weighted by molar-refractivity contribution is 6.04. The number of allylic oxidation sites excluding steroid dienone is 5. The molecule has 2 rings (SSSR count). The molecule has 0 amide bonds. The molecule has 2 nitrogen and oxygen atoms in total. The summed E-state index contributed by atoms with van der Waals surface area (Å²) in [7, 11) is 6.17. The zero-order valence-electron chi connectivity index (χ0n) is 15.5. The van der Waals surface area contributed by atoms with Crippen molar-refractivity contribution in [1.29, 1.82) is 0 Å². The van der Waals surface area contributed by atoms with Crippen molar-refractivity contribution in [3.05, 3.63) is 63.3 Å². The molecule has 2 heteroatoms. The Kier molecular flexibility index (Phi) is 5.38. The van der Waals surface area contributed by atoms with Crippen LogP contribution in [-0.4, -0.2) is 31.4 Å². The number of aryl methyl sites for hydroxylation is 2. The second kappa shape index (κ2) is 7.10. The molecule has 0 bridgehead atoms. The van der Waals surface area contributed by atoms with E-state index in [2.05, 4.69) is 82.0 Å². The molecular formula is C21H29N2+. The minimum atomic E-state index is 0.914. The Hall–Kier alpha value is -1.93. The maximum Gasteiger partial charge on any atom is 0.199 e. The molecule has 23 heavy (non-hydrogen) atoms. The third-order valence-electron chi connectivity index (χ3n) is 4.42. The van der Waals surface area contributed by atoms with Crippen LogP contribution in [-0.2, 0) is 6.54 Å². The van der Waals surface area contributed by atoms with E-state index in [-0.39, 0.29) is 0 Å². The normalized spacial score (nSPS) is 14.6. The summed E-state index contributed by atoms with van der Waals surface area (Å²) in [5.74, 6) is 0. The van der Waals surface area contributed by atoms with E-state index in [0.29, 0.717) is 0 Å². The molecule has 0 aliphatic heterocycles. The lowest BCUT2D eigenvalue weighted by atomic mass is 9.89. The molecule has 0 saturated carbocycles. The van der Waals surface area contributed by atoms with Crippen LogP contribution >= 0.6 is 0 Å². The van der Waals surface area contributed by atoms with Crippen LogP contribution in [0.5, 0.6) is 0 Å². The second-order valence-electron chi connectivity index (χ2n) is 6.71. The summed E-state index contributed by atoms with van der Waals surface area (Å²) in [5, 5.41) is 3.23. The largest absolute Gasteiger partial charge is 0.316 e. The molecule has 0 fully saturated rings. The SMILES string of the molecule is CNCc1cc(C)c(C=C2C(C)=CC(=[N+](C)C)C=C2C)c(C)c1. The lowest BCUT2D eigenvalue weighted by Crippen LogP contribution is -2.13. The maximum absolute atomic E-state index is 3.23. The second-order valence-corrected chi connectivity index (χ2v) is 6.71. The Morgan fingerprint density at radius 1 is 0.957 bits per heavy atom. The molecule has 0 radical (unpaired) electrons. The fourth-order valence-corrected chi connectivity index (χ4v) is 3.18. The minimum absolute atomic E-state index is 0.914. The molecule has 1 aromatic carbocycles. The van der Waals surface area contributed by atoms with Crippen LogP contribution in [0.15, 0.2) is 41.0 Å². The number of nitrogens with one attached hydrogen (secondary N) is 1. The monoisotopic (exact) mass is 309 g/mol. The van der Waals surface area contributed by atoms with Gasteiger partial charge < -0.3 is 5.32 Å². The smallest absolute Gasteiger partial charge is 0.199 e. The summed E-state index contributed by atoms with van der Waals surface area (Å²) in [6.45, 7) is 9.73. The van der Waals surface area contributed by atoms with Gasteiger partial charge in [0.2, 0.25) is 0 Å². The molecule has 1 aliphatic carbocycles. The summed E-state index contributed by atoms with van der Waals surface area (Å²) in [6.07, 6.45) is 6.87. The van der Waals surface area contributed by atoms with Crippen molar-refractivity contribution in [3.8, 4) is 0 Å². The summed E-state index contributed by atoms with van der Waals surface area (Å²) in [5.41, 5.74) is 10.6. The standard InChI is InChI=1S/C21H29N2/c1-14-8-18(13-22-5)9-15(2)20(14)12-21-16(3)10-19(23(6)7)11-17(21)4/h8-12,22H,13H2,1-7H3/q+1. The fraction of sp³-hybridized carbons (Fsp3) is 0.381. The maximum atomic E-state index is 3.23. The number of hydrogen-bond acceptors (Lipinski definition) is 1.